The molecule has 1 aromatic rings. The Kier molecular flexibility index (Phi) is 7.37. The molecule has 178 valence electrons. The summed E-state index contributed by atoms with van der Waals surface area (Å²) in [7, 11) is -4.35. The molecule has 2 N–H and O–H groups in total. The number of aliphatic hydroxyl groups excluding tert-OH is 1. The summed E-state index contributed by atoms with van der Waals surface area (Å²) < 4.78 is 20.2. The lowest BCUT2D eigenvalue weighted by molar-refractivity contribution is -0.0514. The molecule has 1 aliphatic heterocycles. The van der Waals surface area contributed by atoms with Crippen LogP contribution in [0.4, 0.5) is 0 Å². The molecule has 2 heterocycles. The lowest BCUT2D eigenvalue weighted by Crippen LogP contribution is -2.50. The van der Waals surface area contributed by atoms with Crippen LogP contribution in [-0.4, -0.2) is 56.2 Å². The van der Waals surface area contributed by atoms with Crippen LogP contribution < -0.4 is 11.2 Å². The largest absolute Gasteiger partial charge is 0.414 e. The third-order valence-electron chi connectivity index (χ3n) is 7.09. The summed E-state index contributed by atoms with van der Waals surface area (Å²) in [4.78, 5) is 26.3. The molecule has 31 heavy (non-hydrogen) atoms. The van der Waals surface area contributed by atoms with Gasteiger partial charge in [-0.05, 0) is 36.3 Å². The fraction of sp³-hybridized carbons (Fsp3) is 0.810. The minimum absolute atomic E-state index is 0.0167. The number of nitrogens with one attached hydrogen (secondary N) is 1. The van der Waals surface area contributed by atoms with Crippen LogP contribution in [0.3, 0.4) is 0 Å². The average molecular weight is 473 g/mol. The summed E-state index contributed by atoms with van der Waals surface area (Å²) in [5.41, 5.74) is -1.08. The highest BCUT2D eigenvalue weighted by atomic mass is 28.4. The van der Waals surface area contributed by atoms with E-state index in [2.05, 4.69) is 72.7 Å². The molecule has 1 aromatic heterocycles. The number of hydrogen-bond acceptors (Lipinski definition) is 6. The van der Waals surface area contributed by atoms with Gasteiger partial charge in [-0.1, -0.05) is 41.5 Å². The molecule has 0 radical (unpaired) electrons. The highest BCUT2D eigenvalue weighted by Crippen LogP contribution is 2.42. The van der Waals surface area contributed by atoms with E-state index in [1.54, 1.807) is 0 Å². The monoisotopic (exact) mass is 472 g/mol. The molecule has 0 amide bonds. The van der Waals surface area contributed by atoms with E-state index in [4.69, 9.17) is 13.6 Å². The van der Waals surface area contributed by atoms with Gasteiger partial charge in [0.25, 0.3) is 5.56 Å². The van der Waals surface area contributed by atoms with E-state index in [1.807, 2.05) is 0 Å². The summed E-state index contributed by atoms with van der Waals surface area (Å²) in [5, 5.41) is 11.1. The van der Waals surface area contributed by atoms with E-state index < -0.39 is 52.4 Å². The van der Waals surface area contributed by atoms with Crippen molar-refractivity contribution in [2.75, 3.05) is 6.61 Å². The molecule has 1 aliphatic rings. The molecule has 0 spiro atoms. The molecule has 0 aromatic carbocycles. The Morgan fingerprint density at radius 3 is 2.10 bits per heavy atom. The van der Waals surface area contributed by atoms with Crippen LogP contribution in [0, 0.1) is 0 Å². The first-order valence-electron chi connectivity index (χ1n) is 10.8. The lowest BCUT2D eigenvalue weighted by Gasteiger charge is -2.40. The first kappa shape index (κ1) is 26.2. The van der Waals surface area contributed by atoms with Crippen molar-refractivity contribution in [2.24, 2.45) is 0 Å². The van der Waals surface area contributed by atoms with E-state index in [0.29, 0.717) is 0 Å². The molecule has 1 saturated heterocycles. The van der Waals surface area contributed by atoms with Gasteiger partial charge in [-0.15, -0.1) is 0 Å². The van der Waals surface area contributed by atoms with Crippen molar-refractivity contribution in [1.29, 1.82) is 0 Å². The second-order valence-electron chi connectivity index (χ2n) is 11.5. The molecule has 8 nitrogen and oxygen atoms in total. The summed E-state index contributed by atoms with van der Waals surface area (Å²) in [6.07, 6.45) is -1.84. The number of aromatic nitrogens is 2. The van der Waals surface area contributed by atoms with Gasteiger partial charge in [0.1, 0.15) is 18.3 Å². The number of hydrogen-bond donors (Lipinski definition) is 2. The second-order valence-corrected chi connectivity index (χ2v) is 21.1. The van der Waals surface area contributed by atoms with Crippen molar-refractivity contribution >= 4 is 16.6 Å². The zero-order valence-electron chi connectivity index (χ0n) is 20.6. The van der Waals surface area contributed by atoms with Gasteiger partial charge < -0.3 is 18.7 Å². The van der Waals surface area contributed by atoms with Gasteiger partial charge in [-0.3, -0.25) is 14.3 Å². The van der Waals surface area contributed by atoms with Gasteiger partial charge in [0, 0.05) is 12.3 Å². The van der Waals surface area contributed by atoms with Crippen molar-refractivity contribution in [3.8, 4) is 0 Å². The molecular formula is C21H40N2O6Si2. The lowest BCUT2D eigenvalue weighted by atomic mass is 10.1. The Morgan fingerprint density at radius 1 is 1.06 bits per heavy atom. The SMILES string of the molecule is CC(C)(C)[Si](C)(C)OC[C@H]1OC(n2ccc(=O)[nH]c2=O)[C@H](O[Si](C)(C)C(C)(C)C)[C@H]1O. The molecule has 1 unspecified atom stereocenters. The first-order valence-corrected chi connectivity index (χ1v) is 16.7. The molecule has 0 saturated carbocycles. The van der Waals surface area contributed by atoms with Crippen LogP contribution >= 0.6 is 0 Å². The predicted octanol–water partition coefficient (Wildman–Crippen LogP) is 3.21. The molecule has 4 atom stereocenters. The van der Waals surface area contributed by atoms with Gasteiger partial charge in [-0.2, -0.15) is 0 Å². The second kappa shape index (κ2) is 8.71. The van der Waals surface area contributed by atoms with Gasteiger partial charge in [-0.25, -0.2) is 4.79 Å². The maximum absolute atomic E-state index is 12.5. The van der Waals surface area contributed by atoms with Crippen LogP contribution in [-0.2, 0) is 13.6 Å². The number of nitrogens with zero attached hydrogens (tertiary/aromatic N) is 1. The van der Waals surface area contributed by atoms with Crippen molar-refractivity contribution < 1.29 is 18.7 Å². The van der Waals surface area contributed by atoms with Crippen LogP contribution in [0.2, 0.25) is 36.3 Å². The van der Waals surface area contributed by atoms with Crippen LogP contribution in [0.15, 0.2) is 21.9 Å². The Balaban J connectivity index is 2.37. The highest BCUT2D eigenvalue weighted by molar-refractivity contribution is 6.74. The summed E-state index contributed by atoms with van der Waals surface area (Å²) in [5.74, 6) is 0. The third kappa shape index (κ3) is 5.66. The molecule has 0 bridgehead atoms. The van der Waals surface area contributed by atoms with Crippen molar-refractivity contribution in [1.82, 2.24) is 9.55 Å². The number of ether oxygens (including phenoxy) is 1. The minimum atomic E-state index is -2.29. The molecule has 1 fully saturated rings. The summed E-state index contributed by atoms with van der Waals surface area (Å²) in [6.45, 7) is 21.5. The molecule has 10 heteroatoms. The Labute approximate surface area is 187 Å². The topological polar surface area (TPSA) is 103 Å². The van der Waals surface area contributed by atoms with Crippen LogP contribution in [0.1, 0.15) is 47.8 Å². The Hall–Kier alpha value is -1.05. The molecule has 2 rings (SSSR count). The molecular weight excluding hydrogens is 432 g/mol. The Bertz CT molecular complexity index is 881. The maximum atomic E-state index is 12.5. The normalized spacial score (nSPS) is 25.8. The number of aliphatic hydroxyl groups is 1. The smallest absolute Gasteiger partial charge is 0.330 e. The Morgan fingerprint density at radius 2 is 1.61 bits per heavy atom. The van der Waals surface area contributed by atoms with E-state index >= 15 is 0 Å². The first-order chi connectivity index (χ1) is 13.9. The van der Waals surface area contributed by atoms with Crippen molar-refractivity contribution in [3.63, 3.8) is 0 Å². The van der Waals surface area contributed by atoms with Gasteiger partial charge in [0.05, 0.1) is 6.61 Å². The minimum Gasteiger partial charge on any atom is -0.414 e. The highest BCUT2D eigenvalue weighted by Gasteiger charge is 2.51. The van der Waals surface area contributed by atoms with Gasteiger partial charge in [0.2, 0.25) is 0 Å². The van der Waals surface area contributed by atoms with E-state index in [9.17, 15) is 14.7 Å². The standard InChI is InChI=1S/C21H40N2O6Si2/c1-20(2,3)30(7,8)27-13-14-16(25)17(29-31(9,10)21(4,5)6)18(28-14)23-12-11-15(24)22-19(23)26/h11-12,14,16-18,25H,13H2,1-10H3,(H,22,24,26)/t14-,16+,17-,18?/m1/s1. The predicted molar refractivity (Wildman–Crippen MR) is 126 cm³/mol. The average Bonchev–Trinajstić information content (AvgIpc) is 2.87. The van der Waals surface area contributed by atoms with Gasteiger partial charge >= 0.3 is 5.69 Å². The maximum Gasteiger partial charge on any atom is 0.330 e. The fourth-order valence-corrected chi connectivity index (χ4v) is 5.16. The van der Waals surface area contributed by atoms with E-state index in [0.717, 1.165) is 0 Å². The van der Waals surface area contributed by atoms with Crippen LogP contribution in [0.5, 0.6) is 0 Å². The van der Waals surface area contributed by atoms with E-state index in [1.165, 1.54) is 16.8 Å². The van der Waals surface area contributed by atoms with Crippen LogP contribution in [0.25, 0.3) is 0 Å². The fourth-order valence-electron chi connectivity index (χ4n) is 2.86. The van der Waals surface area contributed by atoms with Crippen molar-refractivity contribution in [3.05, 3.63) is 33.1 Å². The zero-order chi connectivity index (χ0) is 24.0. The molecule has 0 aliphatic carbocycles. The number of rotatable bonds is 6. The quantitative estimate of drug-likeness (QED) is 0.616. The summed E-state index contributed by atoms with van der Waals surface area (Å²) >= 11 is 0. The number of H-pyrrole nitrogens is 1. The summed E-state index contributed by atoms with van der Waals surface area (Å²) in [6, 6.07) is 1.26. The third-order valence-corrected chi connectivity index (χ3v) is 16.1. The van der Waals surface area contributed by atoms with E-state index in [-0.39, 0.29) is 16.7 Å². The van der Waals surface area contributed by atoms with Crippen molar-refractivity contribution in [2.45, 2.75) is 102 Å². The van der Waals surface area contributed by atoms with Gasteiger partial charge in [0.15, 0.2) is 22.9 Å². The zero-order valence-corrected chi connectivity index (χ0v) is 22.6. The number of aromatic amines is 1.